The van der Waals surface area contributed by atoms with Crippen LogP contribution in [0.1, 0.15) is 29.3 Å². The first-order chi connectivity index (χ1) is 7.20. The third-order valence-corrected chi connectivity index (χ3v) is 3.59. The normalized spacial score (nSPS) is 22.5. The minimum atomic E-state index is 0.381. The van der Waals surface area contributed by atoms with E-state index in [2.05, 4.69) is 23.0 Å². The van der Waals surface area contributed by atoms with E-state index in [1.54, 1.807) is 0 Å². The van der Waals surface area contributed by atoms with Gasteiger partial charge in [-0.05, 0) is 26.4 Å². The zero-order valence-corrected chi connectivity index (χ0v) is 9.55. The highest BCUT2D eigenvalue weighted by molar-refractivity contribution is 7.16. The summed E-state index contributed by atoms with van der Waals surface area (Å²) in [5.41, 5.74) is 6.55. The van der Waals surface area contributed by atoms with Crippen LogP contribution in [0.4, 0.5) is 5.13 Å². The molecular formula is C10H14N4S. The zero-order chi connectivity index (χ0) is 10.8. The Kier molecular flexibility index (Phi) is 2.89. The quantitative estimate of drug-likeness (QED) is 0.780. The van der Waals surface area contributed by atoms with Crippen LogP contribution in [0.5, 0.6) is 0 Å². The number of rotatable bonds is 1. The molecule has 1 aromatic heterocycles. The Morgan fingerprint density at radius 3 is 3.13 bits per heavy atom. The summed E-state index contributed by atoms with van der Waals surface area (Å²) in [7, 11) is 2.11. The van der Waals surface area contributed by atoms with E-state index in [9.17, 15) is 0 Å². The largest absolute Gasteiger partial charge is 0.375 e. The number of piperidine rings is 1. The van der Waals surface area contributed by atoms with Gasteiger partial charge in [0, 0.05) is 12.5 Å². The number of likely N-dealkylation sites (tertiary alicyclic amines) is 1. The van der Waals surface area contributed by atoms with Gasteiger partial charge < -0.3 is 10.6 Å². The zero-order valence-electron chi connectivity index (χ0n) is 8.73. The third-order valence-electron chi connectivity index (χ3n) is 2.78. The number of nitrogen functional groups attached to an aromatic ring is 1. The monoisotopic (exact) mass is 222 g/mol. The number of nitrogens with two attached hydrogens (primary N) is 1. The van der Waals surface area contributed by atoms with Gasteiger partial charge >= 0.3 is 0 Å². The maximum absolute atomic E-state index is 8.98. The Bertz CT molecular complexity index is 393. The van der Waals surface area contributed by atoms with E-state index in [0.29, 0.717) is 15.9 Å². The van der Waals surface area contributed by atoms with Crippen LogP contribution >= 0.6 is 11.3 Å². The van der Waals surface area contributed by atoms with Gasteiger partial charge in [-0.25, -0.2) is 4.98 Å². The number of likely N-dealkylation sites (N-methyl/N-ethyl adjacent to an activating group) is 1. The molecule has 1 aliphatic rings. The molecule has 80 valence electrons. The molecule has 2 N–H and O–H groups in total. The second-order valence-electron chi connectivity index (χ2n) is 3.98. The SMILES string of the molecule is CN1CCCC(c2nc(N)sc2C#N)C1. The van der Waals surface area contributed by atoms with Crippen LogP contribution in [0, 0.1) is 11.3 Å². The number of thiazole rings is 1. The predicted molar refractivity (Wildman–Crippen MR) is 60.7 cm³/mol. The number of hydrogen-bond acceptors (Lipinski definition) is 5. The van der Waals surface area contributed by atoms with E-state index in [-0.39, 0.29) is 0 Å². The first kappa shape index (κ1) is 10.4. The van der Waals surface area contributed by atoms with Crippen LogP contribution in [0.15, 0.2) is 0 Å². The number of nitrogens with zero attached hydrogens (tertiary/aromatic N) is 3. The molecule has 4 nitrogen and oxygen atoms in total. The van der Waals surface area contributed by atoms with E-state index < -0.39 is 0 Å². The molecule has 1 saturated heterocycles. The highest BCUT2D eigenvalue weighted by atomic mass is 32.1. The van der Waals surface area contributed by atoms with Gasteiger partial charge in [-0.1, -0.05) is 11.3 Å². The average Bonchev–Trinajstić information content (AvgIpc) is 2.59. The maximum atomic E-state index is 8.98. The summed E-state index contributed by atoms with van der Waals surface area (Å²) in [5.74, 6) is 0.381. The Morgan fingerprint density at radius 1 is 1.67 bits per heavy atom. The molecule has 0 amide bonds. The highest BCUT2D eigenvalue weighted by Gasteiger charge is 2.24. The lowest BCUT2D eigenvalue weighted by atomic mass is 9.94. The summed E-state index contributed by atoms with van der Waals surface area (Å²) < 4.78 is 0. The molecule has 0 saturated carbocycles. The van der Waals surface area contributed by atoms with Crippen molar-refractivity contribution in [2.75, 3.05) is 25.9 Å². The molecule has 5 heteroatoms. The number of nitriles is 1. The smallest absolute Gasteiger partial charge is 0.181 e. The van der Waals surface area contributed by atoms with Gasteiger partial charge in [0.1, 0.15) is 10.9 Å². The highest BCUT2D eigenvalue weighted by Crippen LogP contribution is 2.31. The van der Waals surface area contributed by atoms with Crippen LogP contribution in [0.2, 0.25) is 0 Å². The van der Waals surface area contributed by atoms with Crippen molar-refractivity contribution in [1.29, 1.82) is 5.26 Å². The van der Waals surface area contributed by atoms with Crippen molar-refractivity contribution in [3.63, 3.8) is 0 Å². The van der Waals surface area contributed by atoms with Gasteiger partial charge in [-0.15, -0.1) is 0 Å². The molecule has 1 aliphatic heterocycles. The third kappa shape index (κ3) is 2.11. The summed E-state index contributed by atoms with van der Waals surface area (Å²) in [6.07, 6.45) is 2.28. The van der Waals surface area contributed by atoms with Crippen LogP contribution < -0.4 is 5.73 Å². The van der Waals surface area contributed by atoms with Gasteiger partial charge in [0.05, 0.1) is 5.69 Å². The summed E-state index contributed by atoms with van der Waals surface area (Å²) in [6.45, 7) is 2.12. The molecule has 0 bridgehead atoms. The molecule has 1 unspecified atom stereocenters. The van der Waals surface area contributed by atoms with Crippen LogP contribution in [-0.2, 0) is 0 Å². The first-order valence-corrected chi connectivity index (χ1v) is 5.87. The molecule has 1 aromatic rings. The van der Waals surface area contributed by atoms with Crippen LogP contribution in [-0.4, -0.2) is 30.0 Å². The first-order valence-electron chi connectivity index (χ1n) is 5.05. The van der Waals surface area contributed by atoms with Crippen LogP contribution in [0.3, 0.4) is 0 Å². The van der Waals surface area contributed by atoms with Gasteiger partial charge in [0.15, 0.2) is 5.13 Å². The Labute approximate surface area is 93.3 Å². The molecule has 2 rings (SSSR count). The molecule has 2 heterocycles. The molecular weight excluding hydrogens is 208 g/mol. The van der Waals surface area contributed by atoms with Crippen molar-refractivity contribution >= 4 is 16.5 Å². The number of hydrogen-bond donors (Lipinski definition) is 1. The van der Waals surface area contributed by atoms with Crippen molar-refractivity contribution in [1.82, 2.24) is 9.88 Å². The fraction of sp³-hybridized carbons (Fsp3) is 0.600. The van der Waals surface area contributed by atoms with Crippen molar-refractivity contribution < 1.29 is 0 Å². The molecule has 0 spiro atoms. The van der Waals surface area contributed by atoms with Gasteiger partial charge in [0.2, 0.25) is 0 Å². The van der Waals surface area contributed by atoms with E-state index in [4.69, 9.17) is 11.0 Å². The number of anilines is 1. The number of aromatic nitrogens is 1. The summed E-state index contributed by atoms with van der Waals surface area (Å²) in [6, 6.07) is 2.19. The molecule has 0 aromatic carbocycles. The minimum absolute atomic E-state index is 0.381. The molecule has 1 fully saturated rings. The topological polar surface area (TPSA) is 65.9 Å². The van der Waals surface area contributed by atoms with E-state index in [1.165, 1.54) is 17.8 Å². The summed E-state index contributed by atoms with van der Waals surface area (Å²) in [5, 5.41) is 9.49. The van der Waals surface area contributed by atoms with Crippen molar-refractivity contribution in [2.45, 2.75) is 18.8 Å². The Hall–Kier alpha value is -1.12. The molecule has 15 heavy (non-hydrogen) atoms. The Balaban J connectivity index is 2.24. The second-order valence-corrected chi connectivity index (χ2v) is 5.01. The maximum Gasteiger partial charge on any atom is 0.181 e. The molecule has 1 atom stereocenters. The van der Waals surface area contributed by atoms with Gasteiger partial charge in [0.25, 0.3) is 0 Å². The second kappa shape index (κ2) is 4.17. The fourth-order valence-corrected chi connectivity index (χ4v) is 2.81. The van der Waals surface area contributed by atoms with E-state index in [0.717, 1.165) is 25.2 Å². The average molecular weight is 222 g/mol. The standard InChI is InChI=1S/C10H14N4S/c1-14-4-2-3-7(6-14)9-8(5-11)15-10(12)13-9/h7H,2-4,6H2,1H3,(H2,12,13). The van der Waals surface area contributed by atoms with Gasteiger partial charge in [-0.3, -0.25) is 0 Å². The van der Waals surface area contributed by atoms with Gasteiger partial charge in [-0.2, -0.15) is 5.26 Å². The van der Waals surface area contributed by atoms with E-state index >= 15 is 0 Å². The summed E-state index contributed by atoms with van der Waals surface area (Å²) in [4.78, 5) is 7.26. The van der Waals surface area contributed by atoms with Crippen molar-refractivity contribution in [3.8, 4) is 6.07 Å². The molecule has 0 radical (unpaired) electrons. The lowest BCUT2D eigenvalue weighted by molar-refractivity contribution is 0.249. The van der Waals surface area contributed by atoms with E-state index in [1.807, 2.05) is 0 Å². The fourth-order valence-electron chi connectivity index (χ4n) is 2.10. The van der Waals surface area contributed by atoms with Crippen LogP contribution in [0.25, 0.3) is 0 Å². The lowest BCUT2D eigenvalue weighted by Crippen LogP contribution is -2.31. The van der Waals surface area contributed by atoms with Crippen molar-refractivity contribution in [2.24, 2.45) is 0 Å². The Morgan fingerprint density at radius 2 is 2.47 bits per heavy atom. The minimum Gasteiger partial charge on any atom is -0.375 e. The lowest BCUT2D eigenvalue weighted by Gasteiger charge is -2.28. The summed E-state index contributed by atoms with van der Waals surface area (Å²) >= 11 is 1.30. The van der Waals surface area contributed by atoms with Crippen molar-refractivity contribution in [3.05, 3.63) is 10.6 Å². The predicted octanol–water partition coefficient (Wildman–Crippen LogP) is 1.41. The molecule has 0 aliphatic carbocycles.